The number of hydrogen-bond acceptors (Lipinski definition) is 2. The number of halogens is 1. The summed E-state index contributed by atoms with van der Waals surface area (Å²) in [5.74, 6) is 0. The highest BCUT2D eigenvalue weighted by Crippen LogP contribution is 2.21. The molecule has 0 spiro atoms. The van der Waals surface area contributed by atoms with Crippen LogP contribution in [0, 0.1) is 0 Å². The van der Waals surface area contributed by atoms with Crippen LogP contribution in [0.1, 0.15) is 31.2 Å². The van der Waals surface area contributed by atoms with Gasteiger partial charge in [-0.15, -0.1) is 0 Å². The minimum absolute atomic E-state index is 0.369. The van der Waals surface area contributed by atoms with Gasteiger partial charge in [-0.1, -0.05) is 40.9 Å². The van der Waals surface area contributed by atoms with Crippen LogP contribution in [-0.2, 0) is 6.42 Å². The lowest BCUT2D eigenvalue weighted by atomic mass is 9.90. The Hall–Kier alpha value is -0.380. The van der Waals surface area contributed by atoms with Crippen molar-refractivity contribution in [1.82, 2.24) is 4.90 Å². The lowest BCUT2D eigenvalue weighted by Crippen LogP contribution is -2.48. The number of hydrogen-bond donors (Lipinski definition) is 1. The highest BCUT2D eigenvalue weighted by atomic mass is 79.9. The van der Waals surface area contributed by atoms with Crippen LogP contribution in [0.3, 0.4) is 0 Å². The Morgan fingerprint density at radius 1 is 1.22 bits per heavy atom. The van der Waals surface area contributed by atoms with Gasteiger partial charge in [0.2, 0.25) is 0 Å². The van der Waals surface area contributed by atoms with Gasteiger partial charge in [-0.3, -0.25) is 0 Å². The van der Waals surface area contributed by atoms with Crippen molar-refractivity contribution in [2.45, 2.75) is 44.2 Å². The van der Waals surface area contributed by atoms with Crippen molar-refractivity contribution in [3.63, 3.8) is 0 Å². The van der Waals surface area contributed by atoms with Gasteiger partial charge in [-0.2, -0.15) is 0 Å². The van der Waals surface area contributed by atoms with Gasteiger partial charge < -0.3 is 10.6 Å². The first-order valence-electron chi connectivity index (χ1n) is 6.87. The van der Waals surface area contributed by atoms with Crippen molar-refractivity contribution < 1.29 is 0 Å². The summed E-state index contributed by atoms with van der Waals surface area (Å²) in [5.41, 5.74) is 7.62. The zero-order valence-corrected chi connectivity index (χ0v) is 12.7. The zero-order valence-electron chi connectivity index (χ0n) is 11.1. The molecular formula is C15H23BrN2. The molecule has 100 valence electrons. The lowest BCUT2D eigenvalue weighted by molar-refractivity contribution is 0.171. The van der Waals surface area contributed by atoms with E-state index in [-0.39, 0.29) is 0 Å². The van der Waals surface area contributed by atoms with Crippen LogP contribution in [0.5, 0.6) is 0 Å². The van der Waals surface area contributed by atoms with Crippen LogP contribution >= 0.6 is 15.9 Å². The molecule has 2 N–H and O–H groups in total. The molecule has 3 heteroatoms. The molecule has 0 heterocycles. The molecule has 1 aliphatic rings. The second kappa shape index (κ2) is 6.69. The topological polar surface area (TPSA) is 29.3 Å². The quantitative estimate of drug-likeness (QED) is 0.925. The minimum Gasteiger partial charge on any atom is -0.326 e. The Kier molecular flexibility index (Phi) is 5.22. The average Bonchev–Trinajstić information content (AvgIpc) is 2.38. The summed E-state index contributed by atoms with van der Waals surface area (Å²) in [7, 11) is 2.22. The molecule has 0 bridgehead atoms. The minimum atomic E-state index is 0.369. The molecule has 2 rings (SSSR count). The summed E-state index contributed by atoms with van der Waals surface area (Å²) in [6, 6.07) is 9.56. The molecule has 0 aromatic heterocycles. The molecule has 1 saturated carbocycles. The van der Waals surface area contributed by atoms with E-state index in [1.165, 1.54) is 31.2 Å². The van der Waals surface area contributed by atoms with Gasteiger partial charge in [0.25, 0.3) is 0 Å². The second-order valence-corrected chi connectivity index (χ2v) is 6.29. The Morgan fingerprint density at radius 3 is 2.56 bits per heavy atom. The van der Waals surface area contributed by atoms with Crippen molar-refractivity contribution in [3.05, 3.63) is 34.3 Å². The fourth-order valence-corrected chi connectivity index (χ4v) is 3.07. The fraction of sp³-hybridized carbons (Fsp3) is 0.600. The molecule has 2 atom stereocenters. The first kappa shape index (κ1) is 14.0. The van der Waals surface area contributed by atoms with E-state index < -0.39 is 0 Å². The van der Waals surface area contributed by atoms with E-state index in [9.17, 15) is 0 Å². The molecule has 0 radical (unpaired) electrons. The zero-order chi connectivity index (χ0) is 13.0. The van der Waals surface area contributed by atoms with Crippen LogP contribution in [0.4, 0.5) is 0 Å². The van der Waals surface area contributed by atoms with Crippen LogP contribution in [0.25, 0.3) is 0 Å². The van der Waals surface area contributed by atoms with Crippen LogP contribution in [0.2, 0.25) is 0 Å². The predicted octanol–water partition coefficient (Wildman–Crippen LogP) is 3.19. The van der Waals surface area contributed by atoms with Crippen molar-refractivity contribution in [2.75, 3.05) is 13.6 Å². The van der Waals surface area contributed by atoms with E-state index in [1.54, 1.807) is 0 Å². The standard InChI is InChI=1S/C15H23BrN2/c1-18(15-5-3-2-4-14(15)17)11-10-12-6-8-13(16)9-7-12/h6-9,14-15H,2-5,10-11,17H2,1H3. The number of likely N-dealkylation sites (N-methyl/N-ethyl adjacent to an activating group) is 1. The van der Waals surface area contributed by atoms with E-state index in [2.05, 4.69) is 52.1 Å². The van der Waals surface area contributed by atoms with E-state index in [1.807, 2.05) is 0 Å². The molecule has 1 aliphatic carbocycles. The molecule has 1 fully saturated rings. The maximum absolute atomic E-state index is 6.22. The van der Waals surface area contributed by atoms with Crippen LogP contribution in [-0.4, -0.2) is 30.6 Å². The Labute approximate surface area is 119 Å². The lowest BCUT2D eigenvalue weighted by Gasteiger charge is -2.36. The van der Waals surface area contributed by atoms with Gasteiger partial charge in [0.1, 0.15) is 0 Å². The smallest absolute Gasteiger partial charge is 0.0244 e. The monoisotopic (exact) mass is 310 g/mol. The molecule has 2 nitrogen and oxygen atoms in total. The van der Waals surface area contributed by atoms with Gasteiger partial charge >= 0.3 is 0 Å². The summed E-state index contributed by atoms with van der Waals surface area (Å²) in [5, 5.41) is 0. The largest absolute Gasteiger partial charge is 0.326 e. The third-order valence-electron chi connectivity index (χ3n) is 4.01. The molecule has 1 aromatic rings. The summed E-state index contributed by atoms with van der Waals surface area (Å²) < 4.78 is 1.15. The third kappa shape index (κ3) is 3.81. The van der Waals surface area contributed by atoms with Gasteiger partial charge in [0.15, 0.2) is 0 Å². The Balaban J connectivity index is 1.83. The van der Waals surface area contributed by atoms with Crippen LogP contribution < -0.4 is 5.73 Å². The molecule has 18 heavy (non-hydrogen) atoms. The SMILES string of the molecule is CN(CCc1ccc(Br)cc1)C1CCCCC1N. The van der Waals surface area contributed by atoms with Gasteiger partial charge in [0.05, 0.1) is 0 Å². The first-order chi connectivity index (χ1) is 8.66. The number of nitrogens with zero attached hydrogens (tertiary/aromatic N) is 1. The van der Waals surface area contributed by atoms with Crippen molar-refractivity contribution >= 4 is 15.9 Å². The maximum Gasteiger partial charge on any atom is 0.0244 e. The highest BCUT2D eigenvalue weighted by molar-refractivity contribution is 9.10. The summed E-state index contributed by atoms with van der Waals surface area (Å²) >= 11 is 3.47. The highest BCUT2D eigenvalue weighted by Gasteiger charge is 2.24. The second-order valence-electron chi connectivity index (χ2n) is 5.37. The van der Waals surface area contributed by atoms with E-state index >= 15 is 0 Å². The third-order valence-corrected chi connectivity index (χ3v) is 4.54. The first-order valence-corrected chi connectivity index (χ1v) is 7.66. The molecule has 0 saturated heterocycles. The van der Waals surface area contributed by atoms with Crippen LogP contribution in [0.15, 0.2) is 28.7 Å². The van der Waals surface area contributed by atoms with Gasteiger partial charge in [0, 0.05) is 23.1 Å². The number of benzene rings is 1. The van der Waals surface area contributed by atoms with Gasteiger partial charge in [-0.25, -0.2) is 0 Å². The average molecular weight is 311 g/mol. The van der Waals surface area contributed by atoms with E-state index in [4.69, 9.17) is 5.73 Å². The summed E-state index contributed by atoms with van der Waals surface area (Å²) in [4.78, 5) is 2.45. The van der Waals surface area contributed by atoms with Crippen molar-refractivity contribution in [3.8, 4) is 0 Å². The summed E-state index contributed by atoms with van der Waals surface area (Å²) in [6.45, 7) is 1.10. The fourth-order valence-electron chi connectivity index (χ4n) is 2.81. The number of rotatable bonds is 4. The van der Waals surface area contributed by atoms with E-state index in [0.717, 1.165) is 17.4 Å². The molecule has 0 amide bonds. The maximum atomic E-state index is 6.22. The van der Waals surface area contributed by atoms with Crippen molar-refractivity contribution in [1.29, 1.82) is 0 Å². The normalized spacial score (nSPS) is 24.4. The Morgan fingerprint density at radius 2 is 1.89 bits per heavy atom. The van der Waals surface area contributed by atoms with Gasteiger partial charge in [-0.05, 0) is 44.0 Å². The van der Waals surface area contributed by atoms with E-state index in [0.29, 0.717) is 12.1 Å². The molecular weight excluding hydrogens is 288 g/mol. The molecule has 0 aliphatic heterocycles. The number of nitrogens with two attached hydrogens (primary N) is 1. The summed E-state index contributed by atoms with van der Waals surface area (Å²) in [6.07, 6.45) is 6.19. The molecule has 2 unspecified atom stereocenters. The Bertz CT molecular complexity index is 363. The predicted molar refractivity (Wildman–Crippen MR) is 80.7 cm³/mol. The van der Waals surface area contributed by atoms with Crippen molar-refractivity contribution in [2.24, 2.45) is 5.73 Å². The molecule has 1 aromatic carbocycles.